The maximum Gasteiger partial charge on any atom is 0.269 e. The Hall–Kier alpha value is -2.97. The van der Waals surface area contributed by atoms with Gasteiger partial charge in [0, 0.05) is 45.1 Å². The van der Waals surface area contributed by atoms with E-state index in [1.165, 1.54) is 12.3 Å². The molecule has 0 aliphatic carbocycles. The third kappa shape index (κ3) is 5.75. The van der Waals surface area contributed by atoms with E-state index in [-0.39, 0.29) is 17.5 Å². The lowest BCUT2D eigenvalue weighted by molar-refractivity contribution is 0.0943. The molecular weight excluding hydrogens is 372 g/mol. The number of ether oxygens (including phenoxy) is 2. The highest BCUT2D eigenvalue weighted by atomic mass is 16.5. The van der Waals surface area contributed by atoms with Gasteiger partial charge in [0.1, 0.15) is 5.69 Å². The van der Waals surface area contributed by atoms with Crippen molar-refractivity contribution in [1.82, 2.24) is 10.3 Å². The van der Waals surface area contributed by atoms with Crippen molar-refractivity contribution in [3.8, 4) is 0 Å². The first-order valence-electron chi connectivity index (χ1n) is 9.65. The number of hydrogen-bond donors (Lipinski definition) is 2. The number of anilines is 2. The molecule has 0 radical (unpaired) electrons. The number of rotatable bonds is 8. The number of methoxy groups -OCH3 is 1. The molecule has 0 bridgehead atoms. The Morgan fingerprint density at radius 1 is 1.17 bits per heavy atom. The number of amides is 2. The molecule has 3 rings (SSSR count). The number of nitrogens with one attached hydrogen (secondary N) is 2. The van der Waals surface area contributed by atoms with Gasteiger partial charge < -0.3 is 25.0 Å². The summed E-state index contributed by atoms with van der Waals surface area (Å²) in [5.74, 6) is -0.606. The molecule has 1 saturated heterocycles. The van der Waals surface area contributed by atoms with Crippen LogP contribution in [-0.4, -0.2) is 63.4 Å². The minimum Gasteiger partial charge on any atom is -0.385 e. The number of para-hydroxylation sites is 2. The van der Waals surface area contributed by atoms with Crippen LogP contribution in [0.4, 0.5) is 11.4 Å². The normalized spacial score (nSPS) is 13.8. The number of benzene rings is 1. The van der Waals surface area contributed by atoms with Gasteiger partial charge in [0.2, 0.25) is 0 Å². The number of morpholine rings is 1. The molecule has 2 N–H and O–H groups in total. The highest BCUT2D eigenvalue weighted by Crippen LogP contribution is 2.26. The third-order valence-corrected chi connectivity index (χ3v) is 4.57. The molecule has 8 nitrogen and oxygen atoms in total. The van der Waals surface area contributed by atoms with Crippen molar-refractivity contribution in [2.24, 2.45) is 0 Å². The fourth-order valence-corrected chi connectivity index (χ4v) is 3.06. The first-order valence-corrected chi connectivity index (χ1v) is 9.65. The van der Waals surface area contributed by atoms with Gasteiger partial charge >= 0.3 is 0 Å². The van der Waals surface area contributed by atoms with Gasteiger partial charge in [-0.15, -0.1) is 0 Å². The van der Waals surface area contributed by atoms with Crippen LogP contribution >= 0.6 is 0 Å². The Morgan fingerprint density at radius 2 is 1.97 bits per heavy atom. The van der Waals surface area contributed by atoms with E-state index in [0.717, 1.165) is 24.5 Å². The third-order valence-electron chi connectivity index (χ3n) is 4.57. The molecule has 8 heteroatoms. The molecule has 0 saturated carbocycles. The Balaban J connectivity index is 1.68. The number of carbonyl (C=O) groups is 2. The SMILES string of the molecule is COCCCNC(=O)c1cc(C(=O)Nc2ccccc2N2CCOCC2)ccn1. The van der Waals surface area contributed by atoms with Gasteiger partial charge in [-0.25, -0.2) is 0 Å². The van der Waals surface area contributed by atoms with Crippen LogP contribution in [-0.2, 0) is 9.47 Å². The molecule has 29 heavy (non-hydrogen) atoms. The molecule has 1 aromatic heterocycles. The lowest BCUT2D eigenvalue weighted by Crippen LogP contribution is -2.36. The fourth-order valence-electron chi connectivity index (χ4n) is 3.06. The van der Waals surface area contributed by atoms with E-state index < -0.39 is 0 Å². The Morgan fingerprint density at radius 3 is 2.76 bits per heavy atom. The molecule has 0 unspecified atom stereocenters. The van der Waals surface area contributed by atoms with E-state index >= 15 is 0 Å². The van der Waals surface area contributed by atoms with Gasteiger partial charge in [-0.1, -0.05) is 12.1 Å². The van der Waals surface area contributed by atoms with Crippen LogP contribution < -0.4 is 15.5 Å². The highest BCUT2D eigenvalue weighted by molar-refractivity contribution is 6.07. The maximum absolute atomic E-state index is 12.8. The van der Waals surface area contributed by atoms with Crippen molar-refractivity contribution < 1.29 is 19.1 Å². The maximum atomic E-state index is 12.8. The largest absolute Gasteiger partial charge is 0.385 e. The summed E-state index contributed by atoms with van der Waals surface area (Å²) >= 11 is 0. The van der Waals surface area contributed by atoms with Gasteiger partial charge in [-0.2, -0.15) is 0 Å². The number of nitrogens with zero attached hydrogens (tertiary/aromatic N) is 2. The molecule has 2 amide bonds. The summed E-state index contributed by atoms with van der Waals surface area (Å²) in [4.78, 5) is 31.3. The zero-order valence-electron chi connectivity index (χ0n) is 16.5. The van der Waals surface area contributed by atoms with Crippen LogP contribution in [0.25, 0.3) is 0 Å². The van der Waals surface area contributed by atoms with Crippen molar-refractivity contribution in [1.29, 1.82) is 0 Å². The first kappa shape index (κ1) is 20.8. The van der Waals surface area contributed by atoms with E-state index in [2.05, 4.69) is 20.5 Å². The fraction of sp³-hybridized carbons (Fsp3) is 0.381. The Labute approximate surface area is 170 Å². The van der Waals surface area contributed by atoms with Crippen molar-refractivity contribution >= 4 is 23.2 Å². The van der Waals surface area contributed by atoms with Gasteiger partial charge in [0.15, 0.2) is 0 Å². The highest BCUT2D eigenvalue weighted by Gasteiger charge is 2.17. The summed E-state index contributed by atoms with van der Waals surface area (Å²) in [5, 5.41) is 5.72. The summed E-state index contributed by atoms with van der Waals surface area (Å²) in [6.07, 6.45) is 2.17. The monoisotopic (exact) mass is 398 g/mol. The van der Waals surface area contributed by atoms with Crippen molar-refractivity contribution in [2.75, 3.05) is 56.8 Å². The van der Waals surface area contributed by atoms with Crippen LogP contribution in [0, 0.1) is 0 Å². The first-order chi connectivity index (χ1) is 14.2. The molecule has 2 heterocycles. The van der Waals surface area contributed by atoms with Crippen LogP contribution in [0.2, 0.25) is 0 Å². The summed E-state index contributed by atoms with van der Waals surface area (Å²) < 4.78 is 10.4. The van der Waals surface area contributed by atoms with Crippen LogP contribution in [0.15, 0.2) is 42.6 Å². The van der Waals surface area contributed by atoms with Crippen molar-refractivity contribution in [3.63, 3.8) is 0 Å². The Kier molecular flexibility index (Phi) is 7.54. The topological polar surface area (TPSA) is 92.8 Å². The smallest absolute Gasteiger partial charge is 0.269 e. The summed E-state index contributed by atoms with van der Waals surface area (Å²) in [6.45, 7) is 3.92. The second-order valence-corrected chi connectivity index (χ2v) is 6.60. The van der Waals surface area contributed by atoms with E-state index in [1.54, 1.807) is 13.2 Å². The minimum absolute atomic E-state index is 0.205. The number of hydrogen-bond acceptors (Lipinski definition) is 6. The van der Waals surface area contributed by atoms with Crippen molar-refractivity contribution in [2.45, 2.75) is 6.42 Å². The van der Waals surface area contributed by atoms with Gasteiger partial charge in [0.05, 0.1) is 24.6 Å². The van der Waals surface area contributed by atoms with Crippen LogP contribution in [0.1, 0.15) is 27.3 Å². The zero-order valence-corrected chi connectivity index (χ0v) is 16.5. The van der Waals surface area contributed by atoms with E-state index in [0.29, 0.717) is 38.3 Å². The molecule has 1 aromatic carbocycles. The lowest BCUT2D eigenvalue weighted by atomic mass is 10.2. The Bertz CT molecular complexity index is 837. The minimum atomic E-state index is -0.315. The van der Waals surface area contributed by atoms with E-state index in [9.17, 15) is 9.59 Å². The molecule has 0 atom stereocenters. The summed E-state index contributed by atoms with van der Waals surface area (Å²) in [6, 6.07) is 10.8. The zero-order chi connectivity index (χ0) is 20.5. The lowest BCUT2D eigenvalue weighted by Gasteiger charge is -2.30. The number of carbonyl (C=O) groups excluding carboxylic acids is 2. The summed E-state index contributed by atoms with van der Waals surface area (Å²) in [5.41, 5.74) is 2.26. The summed E-state index contributed by atoms with van der Waals surface area (Å²) in [7, 11) is 1.61. The molecule has 1 fully saturated rings. The molecular formula is C21H26N4O4. The second kappa shape index (κ2) is 10.5. The predicted octanol–water partition coefficient (Wildman–Crippen LogP) is 1.94. The molecule has 2 aromatic rings. The van der Waals surface area contributed by atoms with Gasteiger partial charge in [-0.3, -0.25) is 14.6 Å². The van der Waals surface area contributed by atoms with Crippen LogP contribution in [0.5, 0.6) is 0 Å². The second-order valence-electron chi connectivity index (χ2n) is 6.60. The van der Waals surface area contributed by atoms with E-state index in [1.807, 2.05) is 24.3 Å². The molecule has 0 spiro atoms. The molecule has 154 valence electrons. The molecule has 1 aliphatic rings. The van der Waals surface area contributed by atoms with Gasteiger partial charge in [-0.05, 0) is 30.7 Å². The average Bonchev–Trinajstić information content (AvgIpc) is 2.77. The van der Waals surface area contributed by atoms with E-state index in [4.69, 9.17) is 9.47 Å². The van der Waals surface area contributed by atoms with Crippen LogP contribution in [0.3, 0.4) is 0 Å². The average molecular weight is 398 g/mol. The number of aromatic nitrogens is 1. The van der Waals surface area contributed by atoms with Crippen molar-refractivity contribution in [3.05, 3.63) is 53.9 Å². The molecule has 1 aliphatic heterocycles. The quantitative estimate of drug-likeness (QED) is 0.660. The number of pyridine rings is 1. The predicted molar refractivity (Wildman–Crippen MR) is 110 cm³/mol. The van der Waals surface area contributed by atoms with Gasteiger partial charge in [0.25, 0.3) is 11.8 Å². The standard InChI is InChI=1S/C21H26N4O4/c1-28-12-4-8-23-21(27)18-15-16(7-9-22-18)20(26)24-17-5-2-3-6-19(17)25-10-13-29-14-11-25/h2-3,5-7,9,15H,4,8,10-14H2,1H3,(H,23,27)(H,24,26).